The van der Waals surface area contributed by atoms with Gasteiger partial charge in [-0.25, -0.2) is 0 Å². The van der Waals surface area contributed by atoms with Gasteiger partial charge in [-0.3, -0.25) is 0 Å². The zero-order valence-corrected chi connectivity index (χ0v) is 14.4. The molecule has 6 heteroatoms. The molecule has 1 heterocycles. The van der Waals surface area contributed by atoms with Gasteiger partial charge in [0.2, 0.25) is 0 Å². The molecule has 0 amide bonds. The topological polar surface area (TPSA) is 55.4 Å². The van der Waals surface area contributed by atoms with Gasteiger partial charge in [0.05, 0.1) is 25.4 Å². The van der Waals surface area contributed by atoms with Crippen molar-refractivity contribution in [1.82, 2.24) is 0 Å². The number of benzene rings is 1. The Morgan fingerprint density at radius 3 is 2.71 bits per heavy atom. The first-order chi connectivity index (χ1) is 11.8. The summed E-state index contributed by atoms with van der Waals surface area (Å²) in [6.45, 7) is 2.48. The molecule has 0 bridgehead atoms. The molecule has 3 rings (SSSR count). The predicted molar refractivity (Wildman–Crippen MR) is 87.5 cm³/mol. The summed E-state index contributed by atoms with van der Waals surface area (Å²) < 4.78 is 33.0. The largest absolute Gasteiger partial charge is 0.467 e. The summed E-state index contributed by atoms with van der Waals surface area (Å²) >= 11 is 0. The number of ether oxygens (including phenoxy) is 6. The van der Waals surface area contributed by atoms with E-state index in [0.717, 1.165) is 30.8 Å². The quantitative estimate of drug-likeness (QED) is 0.713. The highest BCUT2D eigenvalue weighted by Gasteiger charge is 2.43. The van der Waals surface area contributed by atoms with Crippen LogP contribution < -0.4 is 9.47 Å². The van der Waals surface area contributed by atoms with Crippen LogP contribution in [0.25, 0.3) is 0 Å². The molecular formula is C18H26O6. The van der Waals surface area contributed by atoms with Gasteiger partial charge in [-0.1, -0.05) is 6.07 Å². The molecule has 0 radical (unpaired) electrons. The molecule has 1 aromatic rings. The molecule has 1 saturated carbocycles. The molecule has 1 aliphatic carbocycles. The molecule has 2 fully saturated rings. The van der Waals surface area contributed by atoms with Gasteiger partial charge in [-0.15, -0.1) is 0 Å². The molecule has 1 aliphatic heterocycles. The van der Waals surface area contributed by atoms with E-state index in [0.29, 0.717) is 25.7 Å². The summed E-state index contributed by atoms with van der Waals surface area (Å²) in [6, 6.07) is 5.93. The van der Waals surface area contributed by atoms with Crippen molar-refractivity contribution in [3.05, 3.63) is 23.8 Å². The van der Waals surface area contributed by atoms with Crippen LogP contribution >= 0.6 is 0 Å². The zero-order valence-electron chi connectivity index (χ0n) is 14.4. The van der Waals surface area contributed by atoms with Crippen molar-refractivity contribution in [2.45, 2.75) is 30.8 Å². The van der Waals surface area contributed by atoms with Crippen molar-refractivity contribution in [3.63, 3.8) is 0 Å². The standard InChI is InChI=1S/C18H26O6/c1-19-12-22-15-3-4-16(17(9-15)23-13-20-2)14-5-6-18(10-14)11-21-7-8-24-18/h3-4,9,14H,5-8,10-13H2,1-2H3. The van der Waals surface area contributed by atoms with Crippen LogP contribution in [-0.2, 0) is 18.9 Å². The summed E-state index contributed by atoms with van der Waals surface area (Å²) in [6.07, 6.45) is 3.03. The van der Waals surface area contributed by atoms with E-state index in [1.807, 2.05) is 12.1 Å². The highest BCUT2D eigenvalue weighted by atomic mass is 16.7. The van der Waals surface area contributed by atoms with Crippen LogP contribution in [0, 0.1) is 0 Å². The van der Waals surface area contributed by atoms with E-state index >= 15 is 0 Å². The second kappa shape index (κ2) is 8.16. The van der Waals surface area contributed by atoms with Gasteiger partial charge < -0.3 is 28.4 Å². The van der Waals surface area contributed by atoms with Gasteiger partial charge in [-0.2, -0.15) is 0 Å². The molecular weight excluding hydrogens is 312 g/mol. The van der Waals surface area contributed by atoms with E-state index in [9.17, 15) is 0 Å². The lowest BCUT2D eigenvalue weighted by molar-refractivity contribution is -0.153. The Balaban J connectivity index is 1.75. The average molecular weight is 338 g/mol. The summed E-state index contributed by atoms with van der Waals surface area (Å²) in [5.41, 5.74) is 1.04. The zero-order chi connectivity index (χ0) is 16.8. The number of hydrogen-bond acceptors (Lipinski definition) is 6. The van der Waals surface area contributed by atoms with Crippen molar-refractivity contribution in [1.29, 1.82) is 0 Å². The minimum atomic E-state index is -0.132. The fourth-order valence-corrected chi connectivity index (χ4v) is 3.55. The highest BCUT2D eigenvalue weighted by molar-refractivity contribution is 5.43. The van der Waals surface area contributed by atoms with Crippen LogP contribution in [0.1, 0.15) is 30.7 Å². The Kier molecular flexibility index (Phi) is 5.94. The Hall–Kier alpha value is -1.34. The van der Waals surface area contributed by atoms with Gasteiger partial charge in [0.25, 0.3) is 0 Å². The second-order valence-corrected chi connectivity index (χ2v) is 6.33. The maximum absolute atomic E-state index is 6.04. The van der Waals surface area contributed by atoms with Crippen molar-refractivity contribution in [2.75, 3.05) is 47.6 Å². The van der Waals surface area contributed by atoms with Crippen LogP contribution in [-0.4, -0.2) is 53.2 Å². The maximum atomic E-state index is 6.04. The van der Waals surface area contributed by atoms with Gasteiger partial charge in [-0.05, 0) is 36.8 Å². The van der Waals surface area contributed by atoms with Gasteiger partial charge in [0.1, 0.15) is 11.5 Å². The molecule has 1 spiro atoms. The minimum Gasteiger partial charge on any atom is -0.467 e. The van der Waals surface area contributed by atoms with E-state index in [2.05, 4.69) is 6.07 Å². The molecule has 2 unspecified atom stereocenters. The van der Waals surface area contributed by atoms with E-state index in [-0.39, 0.29) is 19.2 Å². The molecule has 1 saturated heterocycles. The van der Waals surface area contributed by atoms with Crippen molar-refractivity contribution in [3.8, 4) is 11.5 Å². The lowest BCUT2D eigenvalue weighted by atomic mass is 9.93. The van der Waals surface area contributed by atoms with Gasteiger partial charge >= 0.3 is 0 Å². The monoisotopic (exact) mass is 338 g/mol. The molecule has 0 aromatic heterocycles. The molecule has 1 aromatic carbocycles. The van der Waals surface area contributed by atoms with E-state index in [1.54, 1.807) is 14.2 Å². The van der Waals surface area contributed by atoms with Crippen molar-refractivity contribution >= 4 is 0 Å². The minimum absolute atomic E-state index is 0.132. The molecule has 2 aliphatic rings. The highest BCUT2D eigenvalue weighted by Crippen LogP contribution is 2.47. The van der Waals surface area contributed by atoms with Crippen LogP contribution in [0.2, 0.25) is 0 Å². The Labute approximate surface area is 142 Å². The summed E-state index contributed by atoms with van der Waals surface area (Å²) in [5, 5.41) is 0. The number of methoxy groups -OCH3 is 2. The van der Waals surface area contributed by atoms with E-state index in [4.69, 9.17) is 28.4 Å². The van der Waals surface area contributed by atoms with Crippen LogP contribution in [0.15, 0.2) is 18.2 Å². The second-order valence-electron chi connectivity index (χ2n) is 6.33. The first-order valence-electron chi connectivity index (χ1n) is 8.35. The fourth-order valence-electron chi connectivity index (χ4n) is 3.55. The smallest absolute Gasteiger partial charge is 0.188 e. The van der Waals surface area contributed by atoms with E-state index in [1.165, 1.54) is 5.56 Å². The number of rotatable bonds is 7. The third-order valence-electron chi connectivity index (χ3n) is 4.67. The van der Waals surface area contributed by atoms with Crippen LogP contribution in [0.5, 0.6) is 11.5 Å². The van der Waals surface area contributed by atoms with Gasteiger partial charge in [0.15, 0.2) is 13.6 Å². The third-order valence-corrected chi connectivity index (χ3v) is 4.67. The van der Waals surface area contributed by atoms with Crippen molar-refractivity contribution in [2.24, 2.45) is 0 Å². The normalized spacial score (nSPS) is 26.7. The first-order valence-corrected chi connectivity index (χ1v) is 8.35. The fraction of sp³-hybridized carbons (Fsp3) is 0.667. The first kappa shape index (κ1) is 17.5. The van der Waals surface area contributed by atoms with E-state index < -0.39 is 0 Å². The number of hydrogen-bond donors (Lipinski definition) is 0. The Morgan fingerprint density at radius 2 is 1.96 bits per heavy atom. The molecule has 0 N–H and O–H groups in total. The van der Waals surface area contributed by atoms with Crippen LogP contribution in [0.4, 0.5) is 0 Å². The molecule has 24 heavy (non-hydrogen) atoms. The van der Waals surface area contributed by atoms with Crippen LogP contribution in [0.3, 0.4) is 0 Å². The molecule has 134 valence electrons. The molecule has 6 nitrogen and oxygen atoms in total. The summed E-state index contributed by atoms with van der Waals surface area (Å²) in [7, 11) is 3.21. The summed E-state index contributed by atoms with van der Waals surface area (Å²) in [5.74, 6) is 1.90. The lowest BCUT2D eigenvalue weighted by Crippen LogP contribution is -2.40. The predicted octanol–water partition coefficient (Wildman–Crippen LogP) is 2.71. The van der Waals surface area contributed by atoms with Gasteiger partial charge in [0, 0.05) is 20.3 Å². The molecule has 2 atom stereocenters. The Morgan fingerprint density at radius 1 is 1.12 bits per heavy atom. The SMILES string of the molecule is COCOc1ccc(C2CCC3(COCCO3)C2)c(OCOC)c1. The Bertz CT molecular complexity index is 526. The summed E-state index contributed by atoms with van der Waals surface area (Å²) in [4.78, 5) is 0. The third kappa shape index (κ3) is 4.00. The van der Waals surface area contributed by atoms with Crippen molar-refractivity contribution < 1.29 is 28.4 Å². The lowest BCUT2D eigenvalue weighted by Gasteiger charge is -2.33. The maximum Gasteiger partial charge on any atom is 0.188 e. The average Bonchev–Trinajstić information content (AvgIpc) is 3.02.